The Morgan fingerprint density at radius 3 is 2.38 bits per heavy atom. The predicted octanol–water partition coefficient (Wildman–Crippen LogP) is -0.0401. The second-order valence-corrected chi connectivity index (χ2v) is 6.43. The summed E-state index contributed by atoms with van der Waals surface area (Å²) in [6.45, 7) is 1.93. The highest BCUT2D eigenvalue weighted by molar-refractivity contribution is 5.79. The molecule has 2 atom stereocenters. The van der Waals surface area contributed by atoms with Gasteiger partial charge in [-0.3, -0.25) is 14.5 Å². The van der Waals surface area contributed by atoms with E-state index in [1.54, 1.807) is 0 Å². The molecule has 2 fully saturated rings. The first-order chi connectivity index (χ1) is 10.1. The van der Waals surface area contributed by atoms with Crippen LogP contribution in [0.4, 0.5) is 0 Å². The van der Waals surface area contributed by atoms with Crippen molar-refractivity contribution in [2.75, 3.05) is 19.6 Å². The van der Waals surface area contributed by atoms with E-state index >= 15 is 0 Å². The number of likely N-dealkylation sites (tertiary alicyclic amines) is 1. The molecule has 0 spiro atoms. The van der Waals surface area contributed by atoms with Crippen molar-refractivity contribution in [2.24, 2.45) is 17.4 Å². The van der Waals surface area contributed by atoms with Gasteiger partial charge in [0.05, 0.1) is 12.5 Å². The zero-order valence-electron chi connectivity index (χ0n) is 12.7. The van der Waals surface area contributed by atoms with Crippen LogP contribution in [-0.4, -0.2) is 48.4 Å². The van der Waals surface area contributed by atoms with E-state index in [1.165, 1.54) is 6.42 Å². The molecule has 0 radical (unpaired) electrons. The summed E-state index contributed by atoms with van der Waals surface area (Å²) < 4.78 is 0. The molecular formula is C15H28N4O2. The van der Waals surface area contributed by atoms with E-state index in [4.69, 9.17) is 11.5 Å². The normalized spacial score (nSPS) is 28.8. The van der Waals surface area contributed by atoms with Crippen molar-refractivity contribution in [2.45, 2.75) is 57.0 Å². The fourth-order valence-electron chi connectivity index (χ4n) is 3.43. The van der Waals surface area contributed by atoms with Gasteiger partial charge in [0.25, 0.3) is 0 Å². The lowest BCUT2D eigenvalue weighted by Crippen LogP contribution is -2.50. The zero-order valence-corrected chi connectivity index (χ0v) is 12.7. The SMILES string of the molecule is NC(=O)CN1CCC(NC(=O)C2CCCCCC2N)CC1. The quantitative estimate of drug-likeness (QED) is 0.634. The van der Waals surface area contributed by atoms with E-state index in [2.05, 4.69) is 5.32 Å². The van der Waals surface area contributed by atoms with Crippen molar-refractivity contribution in [1.82, 2.24) is 10.2 Å². The number of hydrogen-bond donors (Lipinski definition) is 3. The third-order valence-corrected chi connectivity index (χ3v) is 4.72. The number of nitrogens with two attached hydrogens (primary N) is 2. The van der Waals surface area contributed by atoms with Crippen molar-refractivity contribution in [3.8, 4) is 0 Å². The third-order valence-electron chi connectivity index (χ3n) is 4.72. The van der Waals surface area contributed by atoms with Gasteiger partial charge in [0, 0.05) is 25.2 Å². The number of carbonyl (C=O) groups excluding carboxylic acids is 2. The van der Waals surface area contributed by atoms with Crippen molar-refractivity contribution < 1.29 is 9.59 Å². The van der Waals surface area contributed by atoms with Crippen LogP contribution in [-0.2, 0) is 9.59 Å². The molecule has 1 heterocycles. The minimum atomic E-state index is -0.290. The summed E-state index contributed by atoms with van der Waals surface area (Å²) in [6, 6.07) is 0.208. The van der Waals surface area contributed by atoms with Gasteiger partial charge in [0.15, 0.2) is 0 Å². The van der Waals surface area contributed by atoms with Gasteiger partial charge in [-0.05, 0) is 25.7 Å². The highest BCUT2D eigenvalue weighted by Gasteiger charge is 2.29. The Morgan fingerprint density at radius 2 is 1.71 bits per heavy atom. The number of amides is 2. The lowest BCUT2D eigenvalue weighted by Gasteiger charge is -2.32. The second kappa shape index (κ2) is 7.75. The highest BCUT2D eigenvalue weighted by atomic mass is 16.2. The van der Waals surface area contributed by atoms with Gasteiger partial charge < -0.3 is 16.8 Å². The van der Waals surface area contributed by atoms with Crippen LogP contribution in [0.1, 0.15) is 44.9 Å². The van der Waals surface area contributed by atoms with Crippen LogP contribution in [0, 0.1) is 5.92 Å². The van der Waals surface area contributed by atoms with Crippen LogP contribution < -0.4 is 16.8 Å². The molecule has 120 valence electrons. The summed E-state index contributed by atoms with van der Waals surface area (Å²) in [5.74, 6) is -0.198. The molecule has 2 rings (SSSR count). The monoisotopic (exact) mass is 296 g/mol. The van der Waals surface area contributed by atoms with Gasteiger partial charge in [-0.25, -0.2) is 0 Å². The van der Waals surface area contributed by atoms with E-state index in [0.29, 0.717) is 6.54 Å². The van der Waals surface area contributed by atoms with E-state index < -0.39 is 0 Å². The average Bonchev–Trinajstić information content (AvgIpc) is 2.65. The molecule has 6 nitrogen and oxygen atoms in total. The van der Waals surface area contributed by atoms with Gasteiger partial charge in [-0.2, -0.15) is 0 Å². The molecule has 1 aliphatic carbocycles. The highest BCUT2D eigenvalue weighted by Crippen LogP contribution is 2.23. The maximum atomic E-state index is 12.4. The molecule has 6 heteroatoms. The molecule has 2 aliphatic rings. The Balaban J connectivity index is 1.77. The molecule has 1 saturated carbocycles. The smallest absolute Gasteiger partial charge is 0.231 e. The number of rotatable bonds is 4. The summed E-state index contributed by atoms with van der Waals surface area (Å²) in [4.78, 5) is 25.4. The van der Waals surface area contributed by atoms with E-state index in [-0.39, 0.29) is 29.8 Å². The number of carbonyl (C=O) groups is 2. The number of piperidine rings is 1. The maximum absolute atomic E-state index is 12.4. The first-order valence-electron chi connectivity index (χ1n) is 8.13. The Bertz CT molecular complexity index is 367. The van der Waals surface area contributed by atoms with Crippen LogP contribution in [0.2, 0.25) is 0 Å². The van der Waals surface area contributed by atoms with Crippen molar-refractivity contribution >= 4 is 11.8 Å². The Labute approximate surface area is 126 Å². The standard InChI is InChI=1S/C15H28N4O2/c16-13-5-3-1-2-4-12(13)15(21)18-11-6-8-19(9-7-11)10-14(17)20/h11-13H,1-10,16H2,(H2,17,20)(H,18,21). The first kappa shape index (κ1) is 16.2. The Hall–Kier alpha value is -1.14. The number of primary amides is 1. The topological polar surface area (TPSA) is 101 Å². The largest absolute Gasteiger partial charge is 0.369 e. The second-order valence-electron chi connectivity index (χ2n) is 6.43. The minimum Gasteiger partial charge on any atom is -0.369 e. The summed E-state index contributed by atoms with van der Waals surface area (Å²) in [7, 11) is 0. The molecule has 2 amide bonds. The van der Waals surface area contributed by atoms with E-state index in [9.17, 15) is 9.59 Å². The van der Waals surface area contributed by atoms with Gasteiger partial charge in [-0.1, -0.05) is 19.3 Å². The maximum Gasteiger partial charge on any atom is 0.231 e. The molecule has 0 aromatic carbocycles. The summed E-state index contributed by atoms with van der Waals surface area (Å²) in [5.41, 5.74) is 11.3. The van der Waals surface area contributed by atoms with Crippen molar-refractivity contribution in [3.63, 3.8) is 0 Å². The molecule has 5 N–H and O–H groups in total. The Morgan fingerprint density at radius 1 is 1.05 bits per heavy atom. The number of nitrogens with zero attached hydrogens (tertiary/aromatic N) is 1. The minimum absolute atomic E-state index is 0.00227. The first-order valence-corrected chi connectivity index (χ1v) is 8.13. The summed E-state index contributed by atoms with van der Waals surface area (Å²) in [5, 5.41) is 3.16. The lowest BCUT2D eigenvalue weighted by molar-refractivity contribution is -0.127. The average molecular weight is 296 g/mol. The van der Waals surface area contributed by atoms with Gasteiger partial charge in [0.2, 0.25) is 11.8 Å². The van der Waals surface area contributed by atoms with Gasteiger partial charge >= 0.3 is 0 Å². The Kier molecular flexibility index (Phi) is 5.99. The fourth-order valence-corrected chi connectivity index (χ4v) is 3.43. The van der Waals surface area contributed by atoms with Crippen molar-refractivity contribution in [3.05, 3.63) is 0 Å². The van der Waals surface area contributed by atoms with Gasteiger partial charge in [0.1, 0.15) is 0 Å². The predicted molar refractivity (Wildman–Crippen MR) is 81.3 cm³/mol. The van der Waals surface area contributed by atoms with Crippen molar-refractivity contribution in [1.29, 1.82) is 0 Å². The third kappa shape index (κ3) is 4.97. The lowest BCUT2D eigenvalue weighted by atomic mass is 9.93. The van der Waals surface area contributed by atoms with Crippen LogP contribution >= 0.6 is 0 Å². The number of nitrogens with one attached hydrogen (secondary N) is 1. The molecule has 21 heavy (non-hydrogen) atoms. The fraction of sp³-hybridized carbons (Fsp3) is 0.867. The van der Waals surface area contributed by atoms with Gasteiger partial charge in [-0.15, -0.1) is 0 Å². The molecule has 0 bridgehead atoms. The molecule has 1 aliphatic heterocycles. The summed E-state index contributed by atoms with van der Waals surface area (Å²) >= 11 is 0. The molecule has 1 saturated heterocycles. The summed E-state index contributed by atoms with van der Waals surface area (Å²) in [6.07, 6.45) is 7.03. The van der Waals surface area contributed by atoms with E-state index in [1.807, 2.05) is 4.90 Å². The number of hydrogen-bond acceptors (Lipinski definition) is 4. The van der Waals surface area contributed by atoms with Crippen LogP contribution in [0.5, 0.6) is 0 Å². The van der Waals surface area contributed by atoms with E-state index in [0.717, 1.165) is 51.6 Å². The molecular weight excluding hydrogens is 268 g/mol. The molecule has 2 unspecified atom stereocenters. The molecule has 0 aromatic rings. The van der Waals surface area contributed by atoms with Crippen LogP contribution in [0.15, 0.2) is 0 Å². The van der Waals surface area contributed by atoms with Crippen LogP contribution in [0.3, 0.4) is 0 Å². The zero-order chi connectivity index (χ0) is 15.2. The van der Waals surface area contributed by atoms with Crippen LogP contribution in [0.25, 0.3) is 0 Å². The molecule has 0 aromatic heterocycles.